The van der Waals surface area contributed by atoms with Gasteiger partial charge in [0.25, 0.3) is 0 Å². The van der Waals surface area contributed by atoms with Crippen LogP contribution in [0.3, 0.4) is 0 Å². The van der Waals surface area contributed by atoms with E-state index in [1.807, 2.05) is 70.1 Å². The molecule has 0 N–H and O–H groups in total. The van der Waals surface area contributed by atoms with Crippen molar-refractivity contribution in [3.63, 3.8) is 0 Å². The van der Waals surface area contributed by atoms with Gasteiger partial charge in [-0.1, -0.05) is 67.2 Å². The van der Waals surface area contributed by atoms with Crippen molar-refractivity contribution in [2.24, 2.45) is 5.92 Å². The van der Waals surface area contributed by atoms with Crippen LogP contribution in [0.1, 0.15) is 19.8 Å². The third-order valence-electron chi connectivity index (χ3n) is 5.01. The Hall–Kier alpha value is -2.60. The zero-order valence-electron chi connectivity index (χ0n) is 16.0. The number of likely N-dealkylation sites (tertiary alicyclic amines) is 1. The highest BCUT2D eigenvalue weighted by Gasteiger charge is 2.22. The number of thioether (sulfide) groups is 1. The SMILES string of the molecule is C[C@H]1CCCN(C(=O)CSc2nnc(-c3ccccc3)n2-c2ccccc2)C1. The lowest BCUT2D eigenvalue weighted by atomic mass is 10.0. The summed E-state index contributed by atoms with van der Waals surface area (Å²) in [5, 5.41) is 9.58. The van der Waals surface area contributed by atoms with E-state index in [0.29, 0.717) is 11.7 Å². The van der Waals surface area contributed by atoms with Crippen LogP contribution < -0.4 is 0 Å². The molecule has 1 amide bonds. The summed E-state index contributed by atoms with van der Waals surface area (Å²) < 4.78 is 2.03. The molecule has 2 heterocycles. The van der Waals surface area contributed by atoms with E-state index in [-0.39, 0.29) is 5.91 Å². The van der Waals surface area contributed by atoms with Gasteiger partial charge in [0.05, 0.1) is 5.75 Å². The van der Waals surface area contributed by atoms with Crippen LogP contribution in [0.4, 0.5) is 0 Å². The van der Waals surface area contributed by atoms with Crippen LogP contribution in [-0.4, -0.2) is 44.4 Å². The highest BCUT2D eigenvalue weighted by Crippen LogP contribution is 2.28. The smallest absolute Gasteiger partial charge is 0.233 e. The highest BCUT2D eigenvalue weighted by atomic mass is 32.2. The van der Waals surface area contributed by atoms with E-state index in [4.69, 9.17) is 0 Å². The van der Waals surface area contributed by atoms with E-state index < -0.39 is 0 Å². The first-order chi connectivity index (χ1) is 13.7. The predicted octanol–water partition coefficient (Wildman–Crippen LogP) is 4.28. The lowest BCUT2D eigenvalue weighted by Crippen LogP contribution is -2.40. The molecule has 5 nitrogen and oxygen atoms in total. The summed E-state index contributed by atoms with van der Waals surface area (Å²) in [6.45, 7) is 3.94. The summed E-state index contributed by atoms with van der Waals surface area (Å²) in [6.07, 6.45) is 2.30. The molecule has 1 fully saturated rings. The van der Waals surface area contributed by atoms with Gasteiger partial charge in [0.2, 0.25) is 5.91 Å². The number of amides is 1. The average molecular weight is 393 g/mol. The fraction of sp³-hybridized carbons (Fsp3) is 0.318. The molecule has 1 saturated heterocycles. The van der Waals surface area contributed by atoms with Gasteiger partial charge in [-0.15, -0.1) is 10.2 Å². The van der Waals surface area contributed by atoms with E-state index in [2.05, 4.69) is 17.1 Å². The van der Waals surface area contributed by atoms with Crippen molar-refractivity contribution in [1.82, 2.24) is 19.7 Å². The maximum atomic E-state index is 12.7. The van der Waals surface area contributed by atoms with E-state index in [1.165, 1.54) is 18.2 Å². The van der Waals surface area contributed by atoms with Crippen LogP contribution in [0.15, 0.2) is 65.8 Å². The molecular formula is C22H24N4OS. The zero-order valence-corrected chi connectivity index (χ0v) is 16.8. The number of carbonyl (C=O) groups excluding carboxylic acids is 1. The lowest BCUT2D eigenvalue weighted by Gasteiger charge is -2.30. The Morgan fingerprint density at radius 2 is 1.79 bits per heavy atom. The average Bonchev–Trinajstić information content (AvgIpc) is 3.17. The van der Waals surface area contributed by atoms with Crippen molar-refractivity contribution in [2.45, 2.75) is 24.9 Å². The summed E-state index contributed by atoms with van der Waals surface area (Å²) in [6, 6.07) is 20.1. The second kappa shape index (κ2) is 8.61. The molecule has 0 aliphatic carbocycles. The molecule has 0 bridgehead atoms. The summed E-state index contributed by atoms with van der Waals surface area (Å²) in [7, 11) is 0. The number of benzene rings is 2. The van der Waals surface area contributed by atoms with Gasteiger partial charge >= 0.3 is 0 Å². The fourth-order valence-electron chi connectivity index (χ4n) is 3.58. The third kappa shape index (κ3) is 4.12. The van der Waals surface area contributed by atoms with Crippen molar-refractivity contribution in [3.05, 3.63) is 60.7 Å². The first kappa shape index (κ1) is 18.7. The number of nitrogens with zero attached hydrogens (tertiary/aromatic N) is 4. The zero-order chi connectivity index (χ0) is 19.3. The second-order valence-corrected chi connectivity index (χ2v) is 8.16. The molecule has 0 unspecified atom stereocenters. The first-order valence-corrected chi connectivity index (χ1v) is 10.7. The van der Waals surface area contributed by atoms with Gasteiger partial charge in [-0.25, -0.2) is 0 Å². The first-order valence-electron chi connectivity index (χ1n) is 9.69. The number of para-hydroxylation sites is 1. The van der Waals surface area contributed by atoms with Gasteiger partial charge in [-0.2, -0.15) is 0 Å². The van der Waals surface area contributed by atoms with E-state index in [0.717, 1.165) is 41.7 Å². The number of hydrogen-bond donors (Lipinski definition) is 0. The van der Waals surface area contributed by atoms with Gasteiger partial charge in [-0.3, -0.25) is 9.36 Å². The van der Waals surface area contributed by atoms with Crippen molar-refractivity contribution in [3.8, 4) is 17.1 Å². The molecule has 0 spiro atoms. The van der Waals surface area contributed by atoms with Gasteiger partial charge in [0.1, 0.15) is 0 Å². The Labute approximate surface area is 169 Å². The van der Waals surface area contributed by atoms with Crippen molar-refractivity contribution >= 4 is 17.7 Å². The van der Waals surface area contributed by atoms with Crippen LogP contribution in [0.5, 0.6) is 0 Å². The Morgan fingerprint density at radius 1 is 1.07 bits per heavy atom. The molecule has 6 heteroatoms. The number of hydrogen-bond acceptors (Lipinski definition) is 4. The van der Waals surface area contributed by atoms with E-state index >= 15 is 0 Å². The summed E-state index contributed by atoms with van der Waals surface area (Å²) >= 11 is 1.46. The van der Waals surface area contributed by atoms with Crippen LogP contribution in [0.2, 0.25) is 0 Å². The van der Waals surface area contributed by atoms with E-state index in [1.54, 1.807) is 0 Å². The maximum Gasteiger partial charge on any atom is 0.233 e. The number of piperidine rings is 1. The Morgan fingerprint density at radius 3 is 2.50 bits per heavy atom. The second-order valence-electron chi connectivity index (χ2n) is 7.22. The highest BCUT2D eigenvalue weighted by molar-refractivity contribution is 7.99. The maximum absolute atomic E-state index is 12.7. The summed E-state index contributed by atoms with van der Waals surface area (Å²) in [5.74, 6) is 1.93. The molecule has 28 heavy (non-hydrogen) atoms. The molecule has 144 valence electrons. The molecule has 1 atom stereocenters. The minimum Gasteiger partial charge on any atom is -0.342 e. The number of carbonyl (C=O) groups is 1. The van der Waals surface area contributed by atoms with Crippen molar-refractivity contribution in [2.75, 3.05) is 18.8 Å². The van der Waals surface area contributed by atoms with Crippen LogP contribution in [0.25, 0.3) is 17.1 Å². The fourth-order valence-corrected chi connectivity index (χ4v) is 4.44. The molecule has 2 aromatic carbocycles. The quantitative estimate of drug-likeness (QED) is 0.608. The minimum atomic E-state index is 0.181. The third-order valence-corrected chi connectivity index (χ3v) is 5.93. The number of aromatic nitrogens is 3. The van der Waals surface area contributed by atoms with Crippen LogP contribution >= 0.6 is 11.8 Å². The lowest BCUT2D eigenvalue weighted by molar-refractivity contribution is -0.130. The van der Waals surface area contributed by atoms with Gasteiger partial charge in [0, 0.05) is 24.3 Å². The van der Waals surface area contributed by atoms with E-state index in [9.17, 15) is 4.79 Å². The predicted molar refractivity (Wildman–Crippen MR) is 112 cm³/mol. The molecule has 0 saturated carbocycles. The van der Waals surface area contributed by atoms with Gasteiger partial charge in [-0.05, 0) is 30.9 Å². The normalized spacial score (nSPS) is 16.9. The monoisotopic (exact) mass is 392 g/mol. The van der Waals surface area contributed by atoms with Crippen LogP contribution in [0, 0.1) is 5.92 Å². The molecular weight excluding hydrogens is 368 g/mol. The molecule has 1 aromatic heterocycles. The molecule has 1 aliphatic rings. The number of rotatable bonds is 5. The Bertz CT molecular complexity index is 926. The van der Waals surface area contributed by atoms with Crippen LogP contribution in [-0.2, 0) is 4.79 Å². The Kier molecular flexibility index (Phi) is 5.76. The minimum absolute atomic E-state index is 0.181. The largest absolute Gasteiger partial charge is 0.342 e. The van der Waals surface area contributed by atoms with Gasteiger partial charge < -0.3 is 4.90 Å². The topological polar surface area (TPSA) is 51.0 Å². The van der Waals surface area contributed by atoms with Crippen molar-refractivity contribution < 1.29 is 4.79 Å². The standard InChI is InChI=1S/C22H24N4OS/c1-17-9-8-14-25(15-17)20(27)16-28-22-24-23-21(18-10-4-2-5-11-18)26(22)19-12-6-3-7-13-19/h2-7,10-13,17H,8-9,14-16H2,1H3/t17-/m0/s1. The van der Waals surface area contributed by atoms with Crippen molar-refractivity contribution in [1.29, 1.82) is 0 Å². The summed E-state index contributed by atoms with van der Waals surface area (Å²) in [5.41, 5.74) is 2.00. The summed E-state index contributed by atoms with van der Waals surface area (Å²) in [4.78, 5) is 14.7. The molecule has 4 rings (SSSR count). The molecule has 1 aliphatic heterocycles. The van der Waals surface area contributed by atoms with Gasteiger partial charge in [0.15, 0.2) is 11.0 Å². The molecule has 0 radical (unpaired) electrons. The molecule has 3 aromatic rings. The Balaban J connectivity index is 1.59.